The van der Waals surface area contributed by atoms with Gasteiger partial charge in [-0.25, -0.2) is 22.9 Å². The molecule has 2 aromatic rings. The van der Waals surface area contributed by atoms with Gasteiger partial charge in [0.15, 0.2) is 23.3 Å². The van der Waals surface area contributed by atoms with Crippen molar-refractivity contribution in [1.29, 1.82) is 0 Å². The summed E-state index contributed by atoms with van der Waals surface area (Å²) in [5, 5.41) is 1.55. The van der Waals surface area contributed by atoms with Gasteiger partial charge in [0.1, 0.15) is 5.60 Å². The molecule has 0 N–H and O–H groups in total. The third kappa shape index (κ3) is 4.38. The van der Waals surface area contributed by atoms with Gasteiger partial charge in [-0.05, 0) is 32.9 Å². The number of ether oxygens (including phenoxy) is 1. The third-order valence-corrected chi connectivity index (χ3v) is 3.98. The molecule has 124 valence electrons. The van der Waals surface area contributed by atoms with Crippen molar-refractivity contribution in [3.05, 3.63) is 40.5 Å². The van der Waals surface area contributed by atoms with Gasteiger partial charge in [-0.3, -0.25) is 0 Å². The van der Waals surface area contributed by atoms with E-state index in [1.807, 2.05) is 0 Å². The van der Waals surface area contributed by atoms with E-state index >= 15 is 0 Å². The second-order valence-electron chi connectivity index (χ2n) is 5.39. The number of hydrogen-bond donors (Lipinski definition) is 0. The molecule has 0 saturated carbocycles. The van der Waals surface area contributed by atoms with E-state index in [1.165, 1.54) is 16.8 Å². The van der Waals surface area contributed by atoms with E-state index in [4.69, 9.17) is 4.74 Å². The van der Waals surface area contributed by atoms with Crippen molar-refractivity contribution >= 4 is 35.2 Å². The normalized spacial score (nSPS) is 11.4. The van der Waals surface area contributed by atoms with Crippen LogP contribution in [-0.2, 0) is 4.74 Å². The molecule has 4 nitrogen and oxygen atoms in total. The number of amides is 1. The number of carbonyl (C=O) groups excluding carboxylic acids is 1. The van der Waals surface area contributed by atoms with Crippen LogP contribution in [0.2, 0.25) is 0 Å². The van der Waals surface area contributed by atoms with E-state index in [0.717, 1.165) is 16.4 Å². The van der Waals surface area contributed by atoms with E-state index in [1.54, 1.807) is 26.2 Å². The number of benzene rings is 1. The maximum Gasteiger partial charge on any atom is 0.426 e. The van der Waals surface area contributed by atoms with Crippen molar-refractivity contribution in [2.24, 2.45) is 0 Å². The highest BCUT2D eigenvalue weighted by Gasteiger charge is 2.27. The fraction of sp³-hybridized carbons (Fsp3) is 0.286. The summed E-state index contributed by atoms with van der Waals surface area (Å²) < 4.78 is 46.4. The first-order chi connectivity index (χ1) is 10.7. The van der Waals surface area contributed by atoms with Crippen LogP contribution in [0.1, 0.15) is 20.8 Å². The third-order valence-electron chi connectivity index (χ3n) is 2.38. The number of hydrogen-bond acceptors (Lipinski definition) is 5. The molecule has 0 spiro atoms. The minimum Gasteiger partial charge on any atom is -0.443 e. The van der Waals surface area contributed by atoms with Gasteiger partial charge in [0.2, 0.25) is 0 Å². The van der Waals surface area contributed by atoms with Crippen LogP contribution in [0.25, 0.3) is 0 Å². The summed E-state index contributed by atoms with van der Waals surface area (Å²) in [7, 11) is 0. The second kappa shape index (κ2) is 6.79. The van der Waals surface area contributed by atoms with Gasteiger partial charge in [0, 0.05) is 17.3 Å². The smallest absolute Gasteiger partial charge is 0.426 e. The van der Waals surface area contributed by atoms with Crippen molar-refractivity contribution in [2.45, 2.75) is 31.3 Å². The quantitative estimate of drug-likeness (QED) is 0.569. The Bertz CT molecular complexity index is 703. The van der Waals surface area contributed by atoms with Crippen LogP contribution in [0.3, 0.4) is 0 Å². The number of carbonyl (C=O) groups is 1. The summed E-state index contributed by atoms with van der Waals surface area (Å²) in [6, 6.07) is 1.83. The van der Waals surface area contributed by atoms with E-state index in [-0.39, 0.29) is 10.7 Å². The minimum absolute atomic E-state index is 0.207. The van der Waals surface area contributed by atoms with Gasteiger partial charge in [-0.2, -0.15) is 4.31 Å². The second-order valence-corrected chi connectivity index (χ2v) is 7.09. The van der Waals surface area contributed by atoms with Gasteiger partial charge in [-0.15, -0.1) is 11.3 Å². The first-order valence-corrected chi connectivity index (χ1v) is 8.13. The Hall–Kier alpha value is -1.74. The molecule has 23 heavy (non-hydrogen) atoms. The van der Waals surface area contributed by atoms with E-state index in [0.29, 0.717) is 11.9 Å². The van der Waals surface area contributed by atoms with Crippen LogP contribution in [0.15, 0.2) is 27.9 Å². The highest BCUT2D eigenvalue weighted by Crippen LogP contribution is 2.33. The number of thiazole rings is 1. The minimum atomic E-state index is -1.60. The lowest BCUT2D eigenvalue weighted by Crippen LogP contribution is -2.33. The summed E-state index contributed by atoms with van der Waals surface area (Å²) >= 11 is 1.79. The molecular weight excluding hydrogens is 349 g/mol. The molecule has 0 aliphatic carbocycles. The lowest BCUT2D eigenvalue weighted by Gasteiger charge is -2.25. The number of rotatable bonds is 3. The van der Waals surface area contributed by atoms with Crippen LogP contribution in [-0.4, -0.2) is 16.7 Å². The number of anilines is 1. The summed E-state index contributed by atoms with van der Waals surface area (Å²) in [6.45, 7) is 5.02. The molecular formula is C14H13F3N2O2S2. The number of halogens is 3. The van der Waals surface area contributed by atoms with Crippen LogP contribution < -0.4 is 4.31 Å². The standard InChI is InChI=1S/C14H13F3N2O2S2/c1-14(2,3)21-13(20)19(10-6-22-7-18-10)23-9-5-4-8(15)11(16)12(9)17/h4-7H,1-3H3. The summed E-state index contributed by atoms with van der Waals surface area (Å²) in [6.07, 6.45) is -0.794. The van der Waals surface area contributed by atoms with Gasteiger partial charge in [0.25, 0.3) is 0 Å². The van der Waals surface area contributed by atoms with Crippen molar-refractivity contribution in [1.82, 2.24) is 4.98 Å². The highest BCUT2D eigenvalue weighted by molar-refractivity contribution is 8.01. The van der Waals surface area contributed by atoms with Crippen molar-refractivity contribution in [2.75, 3.05) is 4.31 Å². The van der Waals surface area contributed by atoms with Crippen LogP contribution in [0.5, 0.6) is 0 Å². The molecule has 0 aliphatic rings. The van der Waals surface area contributed by atoms with Crippen LogP contribution in [0, 0.1) is 17.5 Å². The molecule has 0 unspecified atom stereocenters. The Morgan fingerprint density at radius 1 is 1.26 bits per heavy atom. The van der Waals surface area contributed by atoms with E-state index in [2.05, 4.69) is 4.98 Å². The first-order valence-electron chi connectivity index (χ1n) is 6.42. The molecule has 1 heterocycles. The van der Waals surface area contributed by atoms with Gasteiger partial charge in [0.05, 0.1) is 10.4 Å². The Morgan fingerprint density at radius 3 is 2.52 bits per heavy atom. The van der Waals surface area contributed by atoms with Gasteiger partial charge < -0.3 is 4.74 Å². The molecule has 0 radical (unpaired) electrons. The maximum absolute atomic E-state index is 13.8. The lowest BCUT2D eigenvalue weighted by molar-refractivity contribution is 0.0611. The SMILES string of the molecule is CC(C)(C)OC(=O)N(Sc1ccc(F)c(F)c1F)c1cscn1. The Kier molecular flexibility index (Phi) is 5.20. The van der Waals surface area contributed by atoms with Crippen LogP contribution in [0.4, 0.5) is 23.8 Å². The molecule has 0 atom stereocenters. The molecule has 2 rings (SSSR count). The largest absolute Gasteiger partial charge is 0.443 e. The molecule has 0 fully saturated rings. The van der Waals surface area contributed by atoms with Gasteiger partial charge in [-0.1, -0.05) is 0 Å². The molecule has 0 bridgehead atoms. The van der Waals surface area contributed by atoms with Crippen molar-refractivity contribution in [3.63, 3.8) is 0 Å². The zero-order valence-corrected chi connectivity index (χ0v) is 14.1. The zero-order valence-electron chi connectivity index (χ0n) is 12.5. The average molecular weight is 362 g/mol. The summed E-state index contributed by atoms with van der Waals surface area (Å²) in [4.78, 5) is 16.0. The first kappa shape index (κ1) is 17.6. The van der Waals surface area contributed by atoms with E-state index in [9.17, 15) is 18.0 Å². The van der Waals surface area contributed by atoms with E-state index < -0.39 is 29.1 Å². The number of nitrogens with zero attached hydrogens (tertiary/aromatic N) is 2. The Morgan fingerprint density at radius 2 is 1.96 bits per heavy atom. The highest BCUT2D eigenvalue weighted by atomic mass is 32.2. The average Bonchev–Trinajstić information content (AvgIpc) is 2.96. The molecule has 0 saturated heterocycles. The Balaban J connectivity index is 2.33. The predicted molar refractivity (Wildman–Crippen MR) is 83.0 cm³/mol. The molecule has 1 aromatic heterocycles. The van der Waals surface area contributed by atoms with Crippen molar-refractivity contribution < 1.29 is 22.7 Å². The monoisotopic (exact) mass is 362 g/mol. The number of aromatic nitrogens is 1. The van der Waals surface area contributed by atoms with Gasteiger partial charge >= 0.3 is 6.09 Å². The fourth-order valence-electron chi connectivity index (χ4n) is 1.46. The maximum atomic E-state index is 13.8. The molecule has 1 aromatic carbocycles. The summed E-state index contributed by atoms with van der Waals surface area (Å²) in [5.41, 5.74) is 0.702. The topological polar surface area (TPSA) is 42.4 Å². The lowest BCUT2D eigenvalue weighted by atomic mass is 10.2. The van der Waals surface area contributed by atoms with Crippen LogP contribution >= 0.6 is 23.3 Å². The predicted octanol–water partition coefficient (Wildman–Crippen LogP) is 5.01. The molecule has 9 heteroatoms. The Labute approximate surface area is 139 Å². The molecule has 1 amide bonds. The zero-order chi connectivity index (χ0) is 17.2. The van der Waals surface area contributed by atoms with Crippen molar-refractivity contribution in [3.8, 4) is 0 Å². The molecule has 0 aliphatic heterocycles. The summed E-state index contributed by atoms with van der Waals surface area (Å²) in [5.74, 6) is -4.07. The fourth-order valence-corrected chi connectivity index (χ4v) is 2.85.